The first-order chi connectivity index (χ1) is 8.77. The molecule has 0 heterocycles. The Bertz CT molecular complexity index is 582. The third-order valence-corrected chi connectivity index (χ3v) is 5.75. The fraction of sp³-hybridized carbons (Fsp3) is 0.176. The second-order valence-corrected chi connectivity index (χ2v) is 8.51. The van der Waals surface area contributed by atoms with Crippen molar-refractivity contribution in [1.29, 1.82) is 0 Å². The molecule has 0 amide bonds. The predicted octanol–water partition coefficient (Wildman–Crippen LogP) is 4.24. The van der Waals surface area contributed by atoms with Crippen LogP contribution in [0.4, 0.5) is 0 Å². The fourth-order valence-electron chi connectivity index (χ4n) is 2.81. The van der Waals surface area contributed by atoms with Gasteiger partial charge in [-0.05, 0) is 27.8 Å². The predicted molar refractivity (Wildman–Crippen MR) is 81.6 cm³/mol. The van der Waals surface area contributed by atoms with Crippen molar-refractivity contribution in [3.8, 4) is 0 Å². The Morgan fingerprint density at radius 2 is 1.50 bits per heavy atom. The largest absolute Gasteiger partial charge is 0.0716 e. The van der Waals surface area contributed by atoms with Crippen LogP contribution in [0.3, 0.4) is 0 Å². The highest BCUT2D eigenvalue weighted by molar-refractivity contribution is 6.58. The molecule has 0 fully saturated rings. The van der Waals surface area contributed by atoms with Gasteiger partial charge in [-0.15, -0.1) is 0 Å². The lowest BCUT2D eigenvalue weighted by Gasteiger charge is -2.12. The third kappa shape index (κ3) is 1.85. The summed E-state index contributed by atoms with van der Waals surface area (Å²) >= 11 is 0. The SMILES string of the molecule is C[SiH](C)C1C=C(c2ccccc2)c2ccccc21. The zero-order chi connectivity index (χ0) is 12.5. The van der Waals surface area contributed by atoms with Crippen LogP contribution in [-0.2, 0) is 0 Å². The maximum absolute atomic E-state index is 2.50. The summed E-state index contributed by atoms with van der Waals surface area (Å²) in [6.07, 6.45) is 2.50. The lowest BCUT2D eigenvalue weighted by Crippen LogP contribution is -2.11. The number of hydrogen-bond donors (Lipinski definition) is 0. The highest BCUT2D eigenvalue weighted by Crippen LogP contribution is 2.40. The van der Waals surface area contributed by atoms with Crippen LogP contribution >= 0.6 is 0 Å². The van der Waals surface area contributed by atoms with Gasteiger partial charge in [-0.25, -0.2) is 0 Å². The first-order valence-corrected chi connectivity index (χ1v) is 9.61. The zero-order valence-electron chi connectivity index (χ0n) is 10.9. The minimum Gasteiger partial charge on any atom is -0.0716 e. The molecule has 3 rings (SSSR count). The summed E-state index contributed by atoms with van der Waals surface area (Å²) in [6.45, 7) is 4.87. The maximum Gasteiger partial charge on any atom is 0.0436 e. The molecule has 0 spiro atoms. The van der Waals surface area contributed by atoms with Crippen molar-refractivity contribution in [1.82, 2.24) is 0 Å². The minimum atomic E-state index is -0.698. The molecule has 0 N–H and O–H groups in total. The summed E-state index contributed by atoms with van der Waals surface area (Å²) < 4.78 is 0. The zero-order valence-corrected chi connectivity index (χ0v) is 12.1. The Morgan fingerprint density at radius 3 is 2.22 bits per heavy atom. The molecule has 18 heavy (non-hydrogen) atoms. The van der Waals surface area contributed by atoms with Crippen LogP contribution in [0.5, 0.6) is 0 Å². The third-order valence-electron chi connectivity index (χ3n) is 3.76. The van der Waals surface area contributed by atoms with Gasteiger partial charge in [0.2, 0.25) is 0 Å². The van der Waals surface area contributed by atoms with Gasteiger partial charge >= 0.3 is 0 Å². The smallest absolute Gasteiger partial charge is 0.0436 e. The fourth-order valence-corrected chi connectivity index (χ4v) is 4.40. The highest BCUT2D eigenvalue weighted by Gasteiger charge is 2.26. The van der Waals surface area contributed by atoms with Crippen molar-refractivity contribution >= 4 is 14.4 Å². The molecule has 0 nitrogen and oxygen atoms in total. The molecule has 1 unspecified atom stereocenters. The van der Waals surface area contributed by atoms with Crippen LogP contribution in [0.2, 0.25) is 13.1 Å². The molecule has 2 aromatic carbocycles. The van der Waals surface area contributed by atoms with E-state index in [0.29, 0.717) is 5.54 Å². The van der Waals surface area contributed by atoms with Crippen molar-refractivity contribution in [2.24, 2.45) is 0 Å². The van der Waals surface area contributed by atoms with Gasteiger partial charge in [0.15, 0.2) is 0 Å². The van der Waals surface area contributed by atoms with Gasteiger partial charge < -0.3 is 0 Å². The van der Waals surface area contributed by atoms with Crippen LogP contribution in [-0.4, -0.2) is 8.80 Å². The van der Waals surface area contributed by atoms with Gasteiger partial charge in [-0.3, -0.25) is 0 Å². The summed E-state index contributed by atoms with van der Waals surface area (Å²) in [5.41, 5.74) is 6.45. The summed E-state index contributed by atoms with van der Waals surface area (Å²) in [7, 11) is -0.698. The molecular weight excluding hydrogens is 232 g/mol. The molecule has 0 saturated heterocycles. The van der Waals surface area contributed by atoms with Gasteiger partial charge in [0.25, 0.3) is 0 Å². The van der Waals surface area contributed by atoms with Gasteiger partial charge in [0.05, 0.1) is 0 Å². The van der Waals surface area contributed by atoms with E-state index in [2.05, 4.69) is 73.8 Å². The van der Waals surface area contributed by atoms with E-state index < -0.39 is 8.80 Å². The van der Waals surface area contributed by atoms with Crippen LogP contribution in [0.1, 0.15) is 22.2 Å². The summed E-state index contributed by atoms with van der Waals surface area (Å²) in [4.78, 5) is 0. The van der Waals surface area contributed by atoms with E-state index in [1.54, 1.807) is 0 Å². The van der Waals surface area contributed by atoms with E-state index in [4.69, 9.17) is 0 Å². The second kappa shape index (κ2) is 4.58. The van der Waals surface area contributed by atoms with Gasteiger partial charge in [0, 0.05) is 8.80 Å². The van der Waals surface area contributed by atoms with Gasteiger partial charge in [0.1, 0.15) is 0 Å². The van der Waals surface area contributed by atoms with E-state index in [1.807, 2.05) is 0 Å². The topological polar surface area (TPSA) is 0 Å². The molecule has 1 aliphatic carbocycles. The van der Waals surface area contributed by atoms with E-state index >= 15 is 0 Å². The number of hydrogen-bond acceptors (Lipinski definition) is 0. The molecule has 0 aromatic heterocycles. The minimum absolute atomic E-state index is 0.691. The Kier molecular flexibility index (Phi) is 2.92. The Hall–Kier alpha value is -1.60. The first kappa shape index (κ1) is 11.5. The Morgan fingerprint density at radius 1 is 0.833 bits per heavy atom. The number of allylic oxidation sites excluding steroid dienone is 1. The quantitative estimate of drug-likeness (QED) is 0.699. The Balaban J connectivity index is 2.14. The van der Waals surface area contributed by atoms with Crippen molar-refractivity contribution < 1.29 is 0 Å². The molecule has 1 aliphatic rings. The highest BCUT2D eigenvalue weighted by atomic mass is 28.3. The van der Waals surface area contributed by atoms with E-state index in [0.717, 1.165) is 0 Å². The van der Waals surface area contributed by atoms with Crippen molar-refractivity contribution in [3.05, 3.63) is 77.4 Å². The molecule has 2 aromatic rings. The number of rotatable bonds is 2. The molecule has 0 bridgehead atoms. The lowest BCUT2D eigenvalue weighted by molar-refractivity contribution is 1.20. The van der Waals surface area contributed by atoms with Crippen molar-refractivity contribution in [3.63, 3.8) is 0 Å². The standard InChI is InChI=1S/C17H18Si/c1-18(2)17-12-16(13-8-4-3-5-9-13)14-10-6-7-11-15(14)17/h3-12,17-18H,1-2H3. The van der Waals surface area contributed by atoms with Crippen LogP contribution < -0.4 is 0 Å². The number of benzene rings is 2. The summed E-state index contributed by atoms with van der Waals surface area (Å²) in [5.74, 6) is 0. The lowest BCUT2D eigenvalue weighted by atomic mass is 9.99. The summed E-state index contributed by atoms with van der Waals surface area (Å²) in [5, 5.41) is 0. The molecular formula is C17H18Si. The normalized spacial score (nSPS) is 17.7. The molecule has 0 radical (unpaired) electrons. The maximum atomic E-state index is 2.50. The van der Waals surface area contributed by atoms with E-state index in [-0.39, 0.29) is 0 Å². The molecule has 0 saturated carbocycles. The monoisotopic (exact) mass is 250 g/mol. The van der Waals surface area contributed by atoms with E-state index in [1.165, 1.54) is 22.3 Å². The molecule has 1 atom stereocenters. The second-order valence-electron chi connectivity index (χ2n) is 5.30. The van der Waals surface area contributed by atoms with E-state index in [9.17, 15) is 0 Å². The van der Waals surface area contributed by atoms with Crippen molar-refractivity contribution in [2.75, 3.05) is 0 Å². The van der Waals surface area contributed by atoms with Crippen LogP contribution in [0.25, 0.3) is 5.57 Å². The summed E-state index contributed by atoms with van der Waals surface area (Å²) in [6, 6.07) is 19.7. The first-order valence-electron chi connectivity index (χ1n) is 6.64. The average molecular weight is 250 g/mol. The Labute approximate surface area is 111 Å². The molecule has 90 valence electrons. The molecule has 1 heteroatoms. The van der Waals surface area contributed by atoms with Crippen LogP contribution in [0.15, 0.2) is 60.7 Å². The van der Waals surface area contributed by atoms with Gasteiger partial charge in [-0.1, -0.05) is 73.8 Å². The van der Waals surface area contributed by atoms with Gasteiger partial charge in [-0.2, -0.15) is 0 Å². The average Bonchev–Trinajstić information content (AvgIpc) is 2.79. The molecule has 0 aliphatic heterocycles. The van der Waals surface area contributed by atoms with Crippen LogP contribution in [0, 0.1) is 0 Å². The van der Waals surface area contributed by atoms with Crippen molar-refractivity contribution in [2.45, 2.75) is 18.6 Å². The number of fused-ring (bicyclic) bond motifs is 1.